The van der Waals surface area contributed by atoms with E-state index in [1.54, 1.807) is 18.2 Å². The second-order valence-corrected chi connectivity index (χ2v) is 6.62. The molecule has 3 N–H and O–H groups in total. The molecule has 0 aromatic heterocycles. The molecule has 0 unspecified atom stereocenters. The lowest BCUT2D eigenvalue weighted by Crippen LogP contribution is -2.39. The molecule has 0 bridgehead atoms. The molecule has 0 aliphatic carbocycles. The van der Waals surface area contributed by atoms with Crippen LogP contribution in [0.4, 0.5) is 5.69 Å². The molecule has 6 heteroatoms. The van der Waals surface area contributed by atoms with Crippen molar-refractivity contribution in [1.82, 2.24) is 9.62 Å². The fourth-order valence-electron chi connectivity index (χ4n) is 2.51. The van der Waals surface area contributed by atoms with Crippen LogP contribution in [0.5, 0.6) is 0 Å². The average molecular weight is 283 g/mol. The van der Waals surface area contributed by atoms with E-state index in [9.17, 15) is 8.42 Å². The fraction of sp³-hybridized carbons (Fsp3) is 0.538. The van der Waals surface area contributed by atoms with Crippen LogP contribution in [0.1, 0.15) is 19.8 Å². The lowest BCUT2D eigenvalue weighted by atomic mass is 10.2. The van der Waals surface area contributed by atoms with Crippen LogP contribution >= 0.6 is 0 Å². The number of nitrogens with one attached hydrogen (secondary N) is 1. The van der Waals surface area contributed by atoms with E-state index < -0.39 is 10.0 Å². The predicted octanol–water partition coefficient (Wildman–Crippen LogP) is 1.03. The van der Waals surface area contributed by atoms with Crippen molar-refractivity contribution in [2.75, 3.05) is 25.4 Å². The summed E-state index contributed by atoms with van der Waals surface area (Å²) < 4.78 is 27.0. The minimum Gasteiger partial charge on any atom is -0.399 e. The number of hydrogen-bond acceptors (Lipinski definition) is 4. The van der Waals surface area contributed by atoms with Crippen molar-refractivity contribution in [3.05, 3.63) is 24.3 Å². The Kier molecular flexibility index (Phi) is 4.44. The lowest BCUT2D eigenvalue weighted by molar-refractivity contribution is 0.268. The Bertz CT molecular complexity index is 530. The van der Waals surface area contributed by atoms with Gasteiger partial charge in [0.05, 0.1) is 4.90 Å². The second kappa shape index (κ2) is 5.90. The maximum atomic E-state index is 12.2. The van der Waals surface area contributed by atoms with Gasteiger partial charge in [-0.05, 0) is 44.1 Å². The maximum Gasteiger partial charge on any atom is 0.240 e. The molecule has 1 aromatic carbocycles. The van der Waals surface area contributed by atoms with Crippen molar-refractivity contribution in [3.63, 3.8) is 0 Å². The highest BCUT2D eigenvalue weighted by Crippen LogP contribution is 2.17. The molecule has 1 heterocycles. The molecule has 1 atom stereocenters. The Hall–Kier alpha value is -1.11. The van der Waals surface area contributed by atoms with Gasteiger partial charge in [0, 0.05) is 18.3 Å². The average Bonchev–Trinajstić information content (AvgIpc) is 2.84. The Morgan fingerprint density at radius 1 is 1.47 bits per heavy atom. The smallest absolute Gasteiger partial charge is 0.240 e. The maximum absolute atomic E-state index is 12.2. The first-order chi connectivity index (χ1) is 9.03. The Labute approximate surface area is 114 Å². The highest BCUT2D eigenvalue weighted by Gasteiger charge is 2.25. The van der Waals surface area contributed by atoms with Crippen LogP contribution in [0.25, 0.3) is 0 Å². The minimum absolute atomic E-state index is 0.230. The summed E-state index contributed by atoms with van der Waals surface area (Å²) in [4.78, 5) is 2.54. The van der Waals surface area contributed by atoms with E-state index in [1.807, 2.05) is 0 Å². The number of benzene rings is 1. The second-order valence-electron chi connectivity index (χ2n) is 4.85. The Balaban J connectivity index is 2.02. The van der Waals surface area contributed by atoms with Crippen LogP contribution in [0.2, 0.25) is 0 Å². The van der Waals surface area contributed by atoms with E-state index in [1.165, 1.54) is 6.07 Å². The first-order valence-electron chi connectivity index (χ1n) is 6.62. The molecule has 0 radical (unpaired) electrons. The highest BCUT2D eigenvalue weighted by atomic mass is 32.2. The molecule has 0 spiro atoms. The third-order valence-corrected chi connectivity index (χ3v) is 5.00. The standard InChI is InChI=1S/C13H21N3O2S/c1-2-16-8-4-6-12(16)10-15-19(17,18)13-7-3-5-11(14)9-13/h3,5,7,9,12,15H,2,4,6,8,10,14H2,1H3/t12-/m1/s1. The number of sulfonamides is 1. The lowest BCUT2D eigenvalue weighted by Gasteiger charge is -2.22. The molecule has 0 amide bonds. The van der Waals surface area contributed by atoms with Gasteiger partial charge in [-0.15, -0.1) is 0 Å². The number of nitrogens with zero attached hydrogens (tertiary/aromatic N) is 1. The van der Waals surface area contributed by atoms with Gasteiger partial charge in [0.2, 0.25) is 10.0 Å². The van der Waals surface area contributed by atoms with Crippen LogP contribution in [0.15, 0.2) is 29.2 Å². The normalized spacial score (nSPS) is 20.8. The minimum atomic E-state index is -3.46. The third-order valence-electron chi connectivity index (χ3n) is 3.58. The van der Waals surface area contributed by atoms with Crippen molar-refractivity contribution in [2.45, 2.75) is 30.7 Å². The largest absolute Gasteiger partial charge is 0.399 e. The Morgan fingerprint density at radius 2 is 2.26 bits per heavy atom. The highest BCUT2D eigenvalue weighted by molar-refractivity contribution is 7.89. The Morgan fingerprint density at radius 3 is 2.95 bits per heavy atom. The first-order valence-corrected chi connectivity index (χ1v) is 8.10. The van der Waals surface area contributed by atoms with Crippen molar-refractivity contribution >= 4 is 15.7 Å². The van der Waals surface area contributed by atoms with Gasteiger partial charge in [0.15, 0.2) is 0 Å². The number of hydrogen-bond donors (Lipinski definition) is 2. The summed E-state index contributed by atoms with van der Waals surface area (Å²) in [7, 11) is -3.46. The SMILES string of the molecule is CCN1CCC[C@@H]1CNS(=O)(=O)c1cccc(N)c1. The topological polar surface area (TPSA) is 75.4 Å². The van der Waals surface area contributed by atoms with Gasteiger partial charge in [-0.3, -0.25) is 4.90 Å². The van der Waals surface area contributed by atoms with Gasteiger partial charge in [-0.2, -0.15) is 0 Å². The molecule has 5 nitrogen and oxygen atoms in total. The third kappa shape index (κ3) is 3.46. The molecule has 19 heavy (non-hydrogen) atoms. The van der Waals surface area contributed by atoms with Gasteiger partial charge >= 0.3 is 0 Å². The molecule has 1 aromatic rings. The molecule has 1 aliphatic rings. The van der Waals surface area contributed by atoms with E-state index in [0.29, 0.717) is 18.3 Å². The van der Waals surface area contributed by atoms with Crippen molar-refractivity contribution < 1.29 is 8.42 Å². The van der Waals surface area contributed by atoms with Crippen LogP contribution in [0.3, 0.4) is 0 Å². The van der Waals surface area contributed by atoms with E-state index in [4.69, 9.17) is 5.73 Å². The van der Waals surface area contributed by atoms with E-state index >= 15 is 0 Å². The molecule has 1 aliphatic heterocycles. The van der Waals surface area contributed by atoms with Crippen LogP contribution in [-0.2, 0) is 10.0 Å². The summed E-state index contributed by atoms with van der Waals surface area (Å²) in [5, 5.41) is 0. The van der Waals surface area contributed by atoms with Crippen molar-refractivity contribution in [2.24, 2.45) is 0 Å². The molecule has 106 valence electrons. The quantitative estimate of drug-likeness (QED) is 0.792. The summed E-state index contributed by atoms with van der Waals surface area (Å²) in [6, 6.07) is 6.67. The summed E-state index contributed by atoms with van der Waals surface area (Å²) in [5.41, 5.74) is 6.07. The number of rotatable bonds is 5. The zero-order valence-electron chi connectivity index (χ0n) is 11.2. The number of anilines is 1. The van der Waals surface area contributed by atoms with Crippen LogP contribution in [-0.4, -0.2) is 39.0 Å². The molecule has 2 rings (SSSR count). The van der Waals surface area contributed by atoms with Gasteiger partial charge < -0.3 is 5.73 Å². The number of likely N-dealkylation sites (N-methyl/N-ethyl adjacent to an activating group) is 1. The number of nitrogens with two attached hydrogens (primary N) is 1. The zero-order valence-corrected chi connectivity index (χ0v) is 12.0. The predicted molar refractivity (Wildman–Crippen MR) is 76.3 cm³/mol. The van der Waals surface area contributed by atoms with Crippen molar-refractivity contribution in [1.29, 1.82) is 0 Å². The molecular weight excluding hydrogens is 262 g/mol. The summed E-state index contributed by atoms with van der Waals surface area (Å²) >= 11 is 0. The number of likely N-dealkylation sites (tertiary alicyclic amines) is 1. The van der Waals surface area contributed by atoms with E-state index in [-0.39, 0.29) is 4.90 Å². The molecule has 1 saturated heterocycles. The summed E-state index contributed by atoms with van der Waals surface area (Å²) in [6.07, 6.45) is 2.19. The fourth-order valence-corrected chi connectivity index (χ4v) is 3.64. The molecule has 1 fully saturated rings. The first kappa shape index (κ1) is 14.3. The zero-order chi connectivity index (χ0) is 13.9. The van der Waals surface area contributed by atoms with Gasteiger partial charge in [-0.25, -0.2) is 13.1 Å². The van der Waals surface area contributed by atoms with Gasteiger partial charge in [0.1, 0.15) is 0 Å². The van der Waals surface area contributed by atoms with Crippen LogP contribution < -0.4 is 10.5 Å². The van der Waals surface area contributed by atoms with Gasteiger partial charge in [0.25, 0.3) is 0 Å². The van der Waals surface area contributed by atoms with E-state index in [2.05, 4.69) is 16.5 Å². The van der Waals surface area contributed by atoms with Crippen LogP contribution in [0, 0.1) is 0 Å². The molecular formula is C13H21N3O2S. The van der Waals surface area contributed by atoms with Crippen molar-refractivity contribution in [3.8, 4) is 0 Å². The van der Waals surface area contributed by atoms with Gasteiger partial charge in [-0.1, -0.05) is 13.0 Å². The molecule has 0 saturated carbocycles. The number of nitrogen functional groups attached to an aromatic ring is 1. The van der Waals surface area contributed by atoms with E-state index in [0.717, 1.165) is 25.9 Å². The summed E-state index contributed by atoms with van der Waals surface area (Å²) in [5.74, 6) is 0. The summed E-state index contributed by atoms with van der Waals surface area (Å²) in [6.45, 7) is 4.58. The monoisotopic (exact) mass is 283 g/mol.